The van der Waals surface area contributed by atoms with E-state index in [1.54, 1.807) is 24.3 Å². The lowest BCUT2D eigenvalue weighted by Gasteiger charge is -2.12. The molecule has 0 aliphatic heterocycles. The van der Waals surface area contributed by atoms with Crippen LogP contribution in [0.1, 0.15) is 31.8 Å². The lowest BCUT2D eigenvalue weighted by Crippen LogP contribution is -2.14. The van der Waals surface area contributed by atoms with Gasteiger partial charge in [-0.2, -0.15) is 0 Å². The van der Waals surface area contributed by atoms with Crippen LogP contribution in [-0.2, 0) is 0 Å². The third-order valence-electron chi connectivity index (χ3n) is 5.19. The average molecular weight is 395 g/mol. The van der Waals surface area contributed by atoms with E-state index in [0.29, 0.717) is 16.8 Å². The Balaban J connectivity index is 1.75. The smallest absolute Gasteiger partial charge is 0.256 e. The summed E-state index contributed by atoms with van der Waals surface area (Å²) in [4.78, 5) is 29.1. The molecule has 0 spiro atoms. The number of carbonyl (C=O) groups is 2. The lowest BCUT2D eigenvalue weighted by atomic mass is 10.0. The number of aryl methyl sites for hydroxylation is 2. The van der Waals surface area contributed by atoms with E-state index in [0.717, 1.165) is 22.2 Å². The molecule has 1 aromatic heterocycles. The molecule has 5 heteroatoms. The Bertz CT molecular complexity index is 1280. The van der Waals surface area contributed by atoms with Crippen molar-refractivity contribution >= 4 is 28.4 Å². The summed E-state index contributed by atoms with van der Waals surface area (Å²) < 4.78 is 0. The van der Waals surface area contributed by atoms with Crippen molar-refractivity contribution in [1.29, 1.82) is 0 Å². The number of fused-ring (bicyclic) bond motifs is 1. The molecule has 0 unspecified atom stereocenters. The zero-order valence-corrected chi connectivity index (χ0v) is 16.8. The average Bonchev–Trinajstić information content (AvgIpc) is 2.75. The van der Waals surface area contributed by atoms with Crippen molar-refractivity contribution in [3.8, 4) is 11.3 Å². The predicted octanol–water partition coefficient (Wildman–Crippen LogP) is 4.87. The molecule has 4 rings (SSSR count). The number of amides is 2. The highest BCUT2D eigenvalue weighted by atomic mass is 16.2. The molecule has 0 aliphatic carbocycles. The van der Waals surface area contributed by atoms with E-state index in [2.05, 4.69) is 31.3 Å². The number of nitrogens with two attached hydrogens (primary N) is 1. The van der Waals surface area contributed by atoms with Crippen LogP contribution in [0.5, 0.6) is 0 Å². The fourth-order valence-corrected chi connectivity index (χ4v) is 3.33. The SMILES string of the molecule is Cc1ccc(-c2cc(C(=O)Nc3ccc(C(N)=O)cc3)c3ccccc3n2)cc1C. The van der Waals surface area contributed by atoms with Crippen molar-refractivity contribution in [2.24, 2.45) is 5.73 Å². The molecule has 5 nitrogen and oxygen atoms in total. The highest BCUT2D eigenvalue weighted by molar-refractivity contribution is 6.13. The Labute approximate surface area is 174 Å². The second kappa shape index (κ2) is 7.79. The Kier molecular flexibility index (Phi) is 5.02. The summed E-state index contributed by atoms with van der Waals surface area (Å²) in [6.45, 7) is 4.12. The molecule has 3 aromatic carbocycles. The second-order valence-electron chi connectivity index (χ2n) is 7.27. The first kappa shape index (κ1) is 19.3. The summed E-state index contributed by atoms with van der Waals surface area (Å²) in [5, 5.41) is 3.67. The molecule has 0 saturated heterocycles. The topological polar surface area (TPSA) is 85.1 Å². The molecule has 1 heterocycles. The Morgan fingerprint density at radius 2 is 1.60 bits per heavy atom. The number of primary amides is 1. The molecule has 0 aliphatic rings. The van der Waals surface area contributed by atoms with E-state index in [4.69, 9.17) is 10.7 Å². The molecule has 30 heavy (non-hydrogen) atoms. The van der Waals surface area contributed by atoms with Crippen LogP contribution in [0.25, 0.3) is 22.2 Å². The minimum absolute atomic E-state index is 0.245. The molecule has 0 radical (unpaired) electrons. The van der Waals surface area contributed by atoms with Gasteiger partial charge in [-0.1, -0.05) is 30.3 Å². The number of nitrogens with zero attached hydrogens (tertiary/aromatic N) is 1. The number of rotatable bonds is 4. The van der Waals surface area contributed by atoms with E-state index in [9.17, 15) is 9.59 Å². The van der Waals surface area contributed by atoms with Crippen molar-refractivity contribution in [2.45, 2.75) is 13.8 Å². The van der Waals surface area contributed by atoms with Crippen molar-refractivity contribution in [3.63, 3.8) is 0 Å². The monoisotopic (exact) mass is 395 g/mol. The third kappa shape index (κ3) is 3.78. The molecule has 0 saturated carbocycles. The van der Waals surface area contributed by atoms with Gasteiger partial charge in [0.2, 0.25) is 5.91 Å². The third-order valence-corrected chi connectivity index (χ3v) is 5.19. The van der Waals surface area contributed by atoms with E-state index < -0.39 is 5.91 Å². The number of nitrogens with one attached hydrogen (secondary N) is 1. The van der Waals surface area contributed by atoms with Crippen LogP contribution in [-0.4, -0.2) is 16.8 Å². The van der Waals surface area contributed by atoms with Gasteiger partial charge in [0.1, 0.15) is 0 Å². The Hall–Kier alpha value is -3.99. The number of benzene rings is 3. The summed E-state index contributed by atoms with van der Waals surface area (Å²) >= 11 is 0. The highest BCUT2D eigenvalue weighted by Crippen LogP contribution is 2.27. The number of pyridine rings is 1. The lowest BCUT2D eigenvalue weighted by molar-refractivity contribution is 0.0998. The number of anilines is 1. The highest BCUT2D eigenvalue weighted by Gasteiger charge is 2.15. The van der Waals surface area contributed by atoms with Crippen LogP contribution < -0.4 is 11.1 Å². The summed E-state index contributed by atoms with van der Waals surface area (Å²) in [5.74, 6) is -0.753. The zero-order valence-electron chi connectivity index (χ0n) is 16.8. The van der Waals surface area contributed by atoms with Gasteiger partial charge in [-0.25, -0.2) is 4.98 Å². The van der Waals surface area contributed by atoms with Crippen LogP contribution in [0.15, 0.2) is 72.8 Å². The van der Waals surface area contributed by atoms with Gasteiger partial charge in [0.15, 0.2) is 0 Å². The summed E-state index contributed by atoms with van der Waals surface area (Å²) in [7, 11) is 0. The first-order valence-corrected chi connectivity index (χ1v) is 9.61. The van der Waals surface area contributed by atoms with E-state index in [1.165, 1.54) is 11.1 Å². The number of carbonyl (C=O) groups excluding carboxylic acids is 2. The van der Waals surface area contributed by atoms with Crippen molar-refractivity contribution in [3.05, 3.63) is 95.1 Å². The van der Waals surface area contributed by atoms with Gasteiger partial charge in [-0.05, 0) is 67.4 Å². The van der Waals surface area contributed by atoms with Gasteiger partial charge < -0.3 is 11.1 Å². The molecule has 148 valence electrons. The fraction of sp³-hybridized carbons (Fsp3) is 0.0800. The minimum atomic E-state index is -0.508. The Morgan fingerprint density at radius 3 is 2.30 bits per heavy atom. The first-order chi connectivity index (χ1) is 14.4. The summed E-state index contributed by atoms with van der Waals surface area (Å²) in [5.41, 5.74) is 11.6. The fourth-order valence-electron chi connectivity index (χ4n) is 3.33. The molecular formula is C25H21N3O2. The van der Waals surface area contributed by atoms with Gasteiger partial charge in [0, 0.05) is 22.2 Å². The van der Waals surface area contributed by atoms with E-state index in [-0.39, 0.29) is 5.91 Å². The maximum Gasteiger partial charge on any atom is 0.256 e. The first-order valence-electron chi connectivity index (χ1n) is 9.61. The maximum atomic E-state index is 13.1. The normalized spacial score (nSPS) is 10.7. The quantitative estimate of drug-likeness (QED) is 0.517. The zero-order chi connectivity index (χ0) is 21.3. The van der Waals surface area contributed by atoms with Gasteiger partial charge in [0.05, 0.1) is 16.8 Å². The van der Waals surface area contributed by atoms with Crippen LogP contribution >= 0.6 is 0 Å². The van der Waals surface area contributed by atoms with Gasteiger partial charge in [0.25, 0.3) is 5.91 Å². The van der Waals surface area contributed by atoms with Crippen molar-refractivity contribution in [2.75, 3.05) is 5.32 Å². The molecule has 0 atom stereocenters. The maximum absolute atomic E-state index is 13.1. The van der Waals surface area contributed by atoms with E-state index in [1.807, 2.05) is 36.4 Å². The van der Waals surface area contributed by atoms with Crippen LogP contribution in [0, 0.1) is 13.8 Å². The summed E-state index contributed by atoms with van der Waals surface area (Å²) in [6, 6.07) is 22.0. The van der Waals surface area contributed by atoms with Gasteiger partial charge >= 0.3 is 0 Å². The van der Waals surface area contributed by atoms with E-state index >= 15 is 0 Å². The van der Waals surface area contributed by atoms with Crippen LogP contribution in [0.4, 0.5) is 5.69 Å². The summed E-state index contributed by atoms with van der Waals surface area (Å²) in [6.07, 6.45) is 0. The van der Waals surface area contributed by atoms with Crippen molar-refractivity contribution in [1.82, 2.24) is 4.98 Å². The molecule has 2 amide bonds. The number of hydrogen-bond donors (Lipinski definition) is 2. The molecule has 0 bridgehead atoms. The van der Waals surface area contributed by atoms with Crippen LogP contribution in [0.2, 0.25) is 0 Å². The molecular weight excluding hydrogens is 374 g/mol. The number of hydrogen-bond acceptors (Lipinski definition) is 3. The van der Waals surface area contributed by atoms with Crippen molar-refractivity contribution < 1.29 is 9.59 Å². The standard InChI is InChI=1S/C25H21N3O2/c1-15-7-8-18(13-16(15)2)23-14-21(20-5-3-4-6-22(20)28-23)25(30)27-19-11-9-17(10-12-19)24(26)29/h3-14H,1-2H3,(H2,26,29)(H,27,30). The largest absolute Gasteiger partial charge is 0.366 e. The molecule has 3 N–H and O–H groups in total. The predicted molar refractivity (Wildman–Crippen MR) is 120 cm³/mol. The molecule has 0 fully saturated rings. The number of aromatic nitrogens is 1. The van der Waals surface area contributed by atoms with Gasteiger partial charge in [-0.15, -0.1) is 0 Å². The Morgan fingerprint density at radius 1 is 0.867 bits per heavy atom. The second-order valence-corrected chi connectivity index (χ2v) is 7.27. The number of para-hydroxylation sites is 1. The van der Waals surface area contributed by atoms with Gasteiger partial charge in [-0.3, -0.25) is 9.59 Å². The van der Waals surface area contributed by atoms with Crippen LogP contribution in [0.3, 0.4) is 0 Å². The minimum Gasteiger partial charge on any atom is -0.366 e. The molecule has 4 aromatic rings.